The van der Waals surface area contributed by atoms with Crippen LogP contribution in [-0.4, -0.2) is 17.7 Å². The zero-order chi connectivity index (χ0) is 12.7. The van der Waals surface area contributed by atoms with Crippen molar-refractivity contribution in [1.29, 1.82) is 0 Å². The van der Waals surface area contributed by atoms with Gasteiger partial charge in [-0.25, -0.2) is 0 Å². The van der Waals surface area contributed by atoms with Gasteiger partial charge in [0.15, 0.2) is 0 Å². The maximum Gasteiger partial charge on any atom is 0.0515 e. The van der Waals surface area contributed by atoms with Crippen LogP contribution in [0.1, 0.15) is 43.2 Å². The minimum Gasteiger partial charge on any atom is -0.350 e. The van der Waals surface area contributed by atoms with Crippen molar-refractivity contribution in [2.75, 3.05) is 13.1 Å². The molecule has 1 atom stereocenters. The smallest absolute Gasteiger partial charge is 0.0515 e. The first-order valence-corrected chi connectivity index (χ1v) is 6.97. The molecule has 1 aromatic heterocycles. The summed E-state index contributed by atoms with van der Waals surface area (Å²) in [5.74, 6) is 1.27. The minimum atomic E-state index is 0.580. The molecule has 1 aliphatic rings. The van der Waals surface area contributed by atoms with Gasteiger partial charge in [-0.15, -0.1) is 0 Å². The van der Waals surface area contributed by atoms with Crippen molar-refractivity contribution in [3.8, 4) is 0 Å². The Hall–Kier alpha value is -1.28. The fraction of sp³-hybridized carbons (Fsp3) is 0.500. The van der Waals surface area contributed by atoms with E-state index in [1.165, 1.54) is 28.5 Å². The highest BCUT2D eigenvalue weighted by atomic mass is 14.9. The summed E-state index contributed by atoms with van der Waals surface area (Å²) in [4.78, 5) is 0. The first kappa shape index (κ1) is 11.8. The number of nitrogens with one attached hydrogen (secondary N) is 1. The summed E-state index contributed by atoms with van der Waals surface area (Å²) in [5, 5.41) is 4.93. The third-order valence-electron chi connectivity index (χ3n) is 4.19. The molecule has 0 saturated carbocycles. The van der Waals surface area contributed by atoms with Gasteiger partial charge in [-0.2, -0.15) is 0 Å². The van der Waals surface area contributed by atoms with Crippen molar-refractivity contribution >= 4 is 10.9 Å². The number of fused-ring (bicyclic) bond motifs is 1. The maximum atomic E-state index is 3.47. The van der Waals surface area contributed by atoms with Crippen LogP contribution in [0.2, 0.25) is 0 Å². The topological polar surface area (TPSA) is 17.0 Å². The molecule has 2 heterocycles. The van der Waals surface area contributed by atoms with E-state index in [9.17, 15) is 0 Å². The van der Waals surface area contributed by atoms with E-state index in [1.807, 2.05) is 0 Å². The molecule has 0 spiro atoms. The molecule has 1 fully saturated rings. The number of nitrogens with zero attached hydrogens (tertiary/aromatic N) is 1. The number of hydrogen-bond acceptors (Lipinski definition) is 1. The Morgan fingerprint density at radius 3 is 2.83 bits per heavy atom. The molecule has 1 N–H and O–H groups in total. The monoisotopic (exact) mass is 242 g/mol. The normalized spacial score (nSPS) is 20.1. The Morgan fingerprint density at radius 1 is 1.33 bits per heavy atom. The van der Waals surface area contributed by atoms with Crippen LogP contribution in [0, 0.1) is 0 Å². The summed E-state index contributed by atoms with van der Waals surface area (Å²) in [6.45, 7) is 6.84. The molecule has 0 radical (unpaired) electrons. The lowest BCUT2D eigenvalue weighted by Crippen LogP contribution is -2.07. The second kappa shape index (κ2) is 4.43. The maximum absolute atomic E-state index is 3.47. The van der Waals surface area contributed by atoms with Gasteiger partial charge in [0.2, 0.25) is 0 Å². The van der Waals surface area contributed by atoms with Crippen LogP contribution in [0.5, 0.6) is 0 Å². The van der Waals surface area contributed by atoms with Crippen molar-refractivity contribution in [2.24, 2.45) is 7.05 Å². The zero-order valence-corrected chi connectivity index (χ0v) is 11.5. The molecule has 2 aromatic rings. The average Bonchev–Trinajstić information content (AvgIpc) is 2.97. The van der Waals surface area contributed by atoms with Gasteiger partial charge < -0.3 is 9.88 Å². The average molecular weight is 242 g/mol. The van der Waals surface area contributed by atoms with Gasteiger partial charge in [0.05, 0.1) is 5.52 Å². The molecule has 0 aliphatic carbocycles. The summed E-state index contributed by atoms with van der Waals surface area (Å²) < 4.78 is 2.32. The summed E-state index contributed by atoms with van der Waals surface area (Å²) >= 11 is 0. The Bertz CT molecular complexity index is 560. The number of rotatable bonds is 2. The van der Waals surface area contributed by atoms with E-state index in [0.29, 0.717) is 11.8 Å². The molecule has 0 bridgehead atoms. The van der Waals surface area contributed by atoms with Crippen LogP contribution in [0.3, 0.4) is 0 Å². The van der Waals surface area contributed by atoms with Crippen LogP contribution < -0.4 is 5.32 Å². The molecule has 1 aromatic carbocycles. The highest BCUT2D eigenvalue weighted by Gasteiger charge is 2.21. The molecule has 18 heavy (non-hydrogen) atoms. The lowest BCUT2D eigenvalue weighted by molar-refractivity contribution is 0.763. The van der Waals surface area contributed by atoms with Gasteiger partial charge in [-0.05, 0) is 35.9 Å². The molecular formula is C16H22N2. The fourth-order valence-corrected chi connectivity index (χ4v) is 3.24. The van der Waals surface area contributed by atoms with Crippen LogP contribution in [0.15, 0.2) is 24.4 Å². The number of para-hydroxylation sites is 1. The molecule has 96 valence electrons. The van der Waals surface area contributed by atoms with E-state index >= 15 is 0 Å². The molecule has 1 unspecified atom stereocenters. The molecule has 2 heteroatoms. The highest BCUT2D eigenvalue weighted by molar-refractivity contribution is 5.87. The molecule has 1 saturated heterocycles. The van der Waals surface area contributed by atoms with E-state index in [1.54, 1.807) is 0 Å². The van der Waals surface area contributed by atoms with Gasteiger partial charge in [-0.3, -0.25) is 0 Å². The number of aromatic nitrogens is 1. The summed E-state index contributed by atoms with van der Waals surface area (Å²) in [6.07, 6.45) is 3.61. The first-order chi connectivity index (χ1) is 8.68. The second-order valence-electron chi connectivity index (χ2n) is 5.78. The third-order valence-corrected chi connectivity index (χ3v) is 4.19. The lowest BCUT2D eigenvalue weighted by Gasteiger charge is -2.10. The Labute approximate surface area is 109 Å². The largest absolute Gasteiger partial charge is 0.350 e. The van der Waals surface area contributed by atoms with Gasteiger partial charge in [-0.1, -0.05) is 32.0 Å². The van der Waals surface area contributed by atoms with Gasteiger partial charge in [0.1, 0.15) is 0 Å². The number of benzene rings is 1. The predicted octanol–water partition coefficient (Wildman–Crippen LogP) is 3.38. The number of aryl methyl sites for hydroxylation is 1. The van der Waals surface area contributed by atoms with Crippen LogP contribution in [0.4, 0.5) is 0 Å². The quantitative estimate of drug-likeness (QED) is 0.854. The van der Waals surface area contributed by atoms with Crippen molar-refractivity contribution in [1.82, 2.24) is 9.88 Å². The Kier molecular flexibility index (Phi) is 2.90. The second-order valence-corrected chi connectivity index (χ2v) is 5.78. The minimum absolute atomic E-state index is 0.580. The van der Waals surface area contributed by atoms with Gasteiger partial charge in [0, 0.05) is 25.2 Å². The summed E-state index contributed by atoms with van der Waals surface area (Å²) in [5.41, 5.74) is 4.42. The van der Waals surface area contributed by atoms with Crippen LogP contribution >= 0.6 is 0 Å². The molecule has 0 amide bonds. The predicted molar refractivity (Wildman–Crippen MR) is 77.2 cm³/mol. The van der Waals surface area contributed by atoms with E-state index in [4.69, 9.17) is 0 Å². The summed E-state index contributed by atoms with van der Waals surface area (Å²) in [7, 11) is 2.18. The standard InChI is InChI=1S/C16H22N2/c1-11(2)13-5-4-6-14-15(10-18(3)16(13)14)12-7-8-17-9-12/h4-6,10-12,17H,7-9H2,1-3H3. The Morgan fingerprint density at radius 2 is 2.17 bits per heavy atom. The van der Waals surface area contributed by atoms with Crippen molar-refractivity contribution in [3.63, 3.8) is 0 Å². The molecule has 2 nitrogen and oxygen atoms in total. The number of hydrogen-bond donors (Lipinski definition) is 1. The van der Waals surface area contributed by atoms with Crippen LogP contribution in [0.25, 0.3) is 10.9 Å². The SMILES string of the molecule is CC(C)c1cccc2c(C3CCNC3)cn(C)c12. The van der Waals surface area contributed by atoms with E-state index in [-0.39, 0.29) is 0 Å². The third kappa shape index (κ3) is 1.76. The van der Waals surface area contributed by atoms with E-state index in [2.05, 4.69) is 55.2 Å². The molecule has 1 aliphatic heterocycles. The van der Waals surface area contributed by atoms with Gasteiger partial charge >= 0.3 is 0 Å². The van der Waals surface area contributed by atoms with Crippen molar-refractivity contribution < 1.29 is 0 Å². The van der Waals surface area contributed by atoms with Gasteiger partial charge in [0.25, 0.3) is 0 Å². The van der Waals surface area contributed by atoms with E-state index < -0.39 is 0 Å². The molecule has 3 rings (SSSR count). The zero-order valence-electron chi connectivity index (χ0n) is 11.5. The Balaban J connectivity index is 2.20. The van der Waals surface area contributed by atoms with Crippen molar-refractivity contribution in [2.45, 2.75) is 32.1 Å². The fourth-order valence-electron chi connectivity index (χ4n) is 3.24. The van der Waals surface area contributed by atoms with E-state index in [0.717, 1.165) is 13.1 Å². The lowest BCUT2D eigenvalue weighted by atomic mass is 9.94. The molecular weight excluding hydrogens is 220 g/mol. The highest BCUT2D eigenvalue weighted by Crippen LogP contribution is 2.34. The van der Waals surface area contributed by atoms with Crippen LogP contribution in [-0.2, 0) is 7.05 Å². The van der Waals surface area contributed by atoms with Crippen molar-refractivity contribution in [3.05, 3.63) is 35.5 Å². The first-order valence-electron chi connectivity index (χ1n) is 6.97. The summed E-state index contributed by atoms with van der Waals surface area (Å²) in [6, 6.07) is 6.77.